The molecule has 2 N–H and O–H groups in total. The van der Waals surface area contributed by atoms with Gasteiger partial charge in [0.05, 0.1) is 23.3 Å². The lowest BCUT2D eigenvalue weighted by Crippen LogP contribution is -2.25. The van der Waals surface area contributed by atoms with E-state index in [-0.39, 0.29) is 12.5 Å². The number of rotatable bonds is 5. The summed E-state index contributed by atoms with van der Waals surface area (Å²) in [5, 5.41) is 13.3. The monoisotopic (exact) mass is 289 g/mol. The van der Waals surface area contributed by atoms with E-state index < -0.39 is 0 Å². The molecular weight excluding hydrogens is 274 g/mol. The maximum Gasteiger partial charge on any atom is 0.252 e. The molecule has 4 nitrogen and oxygen atoms in total. The van der Waals surface area contributed by atoms with Crippen LogP contribution in [0, 0.1) is 11.8 Å². The molecule has 2 rings (SSSR count). The summed E-state index contributed by atoms with van der Waals surface area (Å²) in [5.41, 5.74) is 0.614. The van der Waals surface area contributed by atoms with E-state index in [0.717, 1.165) is 10.6 Å². The van der Waals surface area contributed by atoms with Crippen LogP contribution in [-0.4, -0.2) is 24.2 Å². The summed E-state index contributed by atoms with van der Waals surface area (Å²) >= 11 is 1.42. The molecular formula is C15H15NO3S. The van der Waals surface area contributed by atoms with Crippen LogP contribution in [0.15, 0.2) is 34.3 Å². The standard InChI is InChI=1S/C15H15NO3S/c17-8-2-1-5-14-10-12(11-20-14)15(18)16-7-6-13-4-3-9-19-13/h3-4,9-11,17H,2,6-8H2,(H,16,18). The van der Waals surface area contributed by atoms with Gasteiger partial charge < -0.3 is 14.8 Å². The first-order valence-corrected chi connectivity index (χ1v) is 7.16. The minimum atomic E-state index is -0.108. The Morgan fingerprint density at radius 2 is 2.40 bits per heavy atom. The lowest BCUT2D eigenvalue weighted by Gasteiger charge is -2.01. The van der Waals surface area contributed by atoms with Gasteiger partial charge in [0.15, 0.2) is 0 Å². The van der Waals surface area contributed by atoms with Crippen LogP contribution in [0.4, 0.5) is 0 Å². The van der Waals surface area contributed by atoms with E-state index in [9.17, 15) is 4.79 Å². The van der Waals surface area contributed by atoms with Gasteiger partial charge in [-0.25, -0.2) is 0 Å². The first-order valence-electron chi connectivity index (χ1n) is 6.28. The molecule has 0 aromatic carbocycles. The van der Waals surface area contributed by atoms with Gasteiger partial charge in [-0.15, -0.1) is 11.3 Å². The highest BCUT2D eigenvalue weighted by molar-refractivity contribution is 7.10. The van der Waals surface area contributed by atoms with E-state index in [1.807, 2.05) is 12.1 Å². The molecule has 2 aromatic heterocycles. The number of hydrogen-bond acceptors (Lipinski definition) is 4. The van der Waals surface area contributed by atoms with Crippen molar-refractivity contribution in [2.75, 3.05) is 13.2 Å². The van der Waals surface area contributed by atoms with Crippen molar-refractivity contribution < 1.29 is 14.3 Å². The number of nitrogens with one attached hydrogen (secondary N) is 1. The van der Waals surface area contributed by atoms with Gasteiger partial charge in [0.25, 0.3) is 5.91 Å². The first kappa shape index (κ1) is 14.4. The zero-order valence-corrected chi connectivity index (χ0v) is 11.7. The third-order valence-corrected chi connectivity index (χ3v) is 3.39. The third kappa shape index (κ3) is 4.26. The van der Waals surface area contributed by atoms with Crippen LogP contribution in [0.25, 0.3) is 0 Å². The van der Waals surface area contributed by atoms with Gasteiger partial charge in [0.2, 0.25) is 0 Å². The minimum absolute atomic E-state index is 0.0541. The van der Waals surface area contributed by atoms with Crippen molar-refractivity contribution in [3.63, 3.8) is 0 Å². The number of amides is 1. The Bertz CT molecular complexity index is 605. The third-order valence-electron chi connectivity index (χ3n) is 2.55. The molecule has 0 bridgehead atoms. The Kier molecular flexibility index (Phi) is 5.42. The van der Waals surface area contributed by atoms with Gasteiger partial charge in [0.1, 0.15) is 5.76 Å². The van der Waals surface area contributed by atoms with E-state index in [4.69, 9.17) is 9.52 Å². The highest BCUT2D eigenvalue weighted by atomic mass is 32.1. The largest absolute Gasteiger partial charge is 0.469 e. The average molecular weight is 289 g/mol. The SMILES string of the molecule is O=C(NCCc1ccco1)c1csc(C#CCCO)c1. The molecule has 0 unspecified atom stereocenters. The second-order valence-corrected chi connectivity index (χ2v) is 4.97. The summed E-state index contributed by atoms with van der Waals surface area (Å²) in [5.74, 6) is 6.49. The Balaban J connectivity index is 1.82. The number of carbonyl (C=O) groups excluding carboxylic acids is 1. The molecule has 20 heavy (non-hydrogen) atoms. The normalized spacial score (nSPS) is 9.85. The topological polar surface area (TPSA) is 62.5 Å². The van der Waals surface area contributed by atoms with Crippen LogP contribution in [-0.2, 0) is 6.42 Å². The fraction of sp³-hybridized carbons (Fsp3) is 0.267. The Labute approximate surface area is 121 Å². The van der Waals surface area contributed by atoms with Gasteiger partial charge in [-0.2, -0.15) is 0 Å². The highest BCUT2D eigenvalue weighted by Gasteiger charge is 2.07. The van der Waals surface area contributed by atoms with Gasteiger partial charge >= 0.3 is 0 Å². The molecule has 0 aliphatic rings. The molecule has 0 fully saturated rings. The van der Waals surface area contributed by atoms with Crippen molar-refractivity contribution in [1.29, 1.82) is 0 Å². The van der Waals surface area contributed by atoms with Gasteiger partial charge in [0, 0.05) is 24.8 Å². The van der Waals surface area contributed by atoms with Crippen LogP contribution in [0.2, 0.25) is 0 Å². The van der Waals surface area contributed by atoms with E-state index in [0.29, 0.717) is 24.9 Å². The van der Waals surface area contributed by atoms with Crippen molar-refractivity contribution in [3.05, 3.63) is 46.0 Å². The molecule has 104 valence electrons. The maximum atomic E-state index is 11.9. The van der Waals surface area contributed by atoms with E-state index >= 15 is 0 Å². The molecule has 0 aliphatic carbocycles. The number of aliphatic hydroxyl groups excluding tert-OH is 1. The molecule has 0 radical (unpaired) electrons. The van der Waals surface area contributed by atoms with Crippen molar-refractivity contribution >= 4 is 17.2 Å². The lowest BCUT2D eigenvalue weighted by atomic mass is 10.2. The van der Waals surface area contributed by atoms with Crippen LogP contribution in [0.3, 0.4) is 0 Å². The number of aliphatic hydroxyl groups is 1. The average Bonchev–Trinajstić information content (AvgIpc) is 3.10. The molecule has 2 heterocycles. The van der Waals surface area contributed by atoms with Crippen LogP contribution in [0.5, 0.6) is 0 Å². The summed E-state index contributed by atoms with van der Waals surface area (Å²) in [6, 6.07) is 5.47. The number of hydrogen-bond donors (Lipinski definition) is 2. The minimum Gasteiger partial charge on any atom is -0.469 e. The first-order chi connectivity index (χ1) is 9.79. The van der Waals surface area contributed by atoms with Crippen molar-refractivity contribution in [2.45, 2.75) is 12.8 Å². The molecule has 0 aliphatic heterocycles. The van der Waals surface area contributed by atoms with E-state index in [1.165, 1.54) is 11.3 Å². The van der Waals surface area contributed by atoms with E-state index in [2.05, 4.69) is 17.2 Å². The van der Waals surface area contributed by atoms with E-state index in [1.54, 1.807) is 17.7 Å². The fourth-order valence-corrected chi connectivity index (χ4v) is 2.34. The van der Waals surface area contributed by atoms with Gasteiger partial charge in [-0.1, -0.05) is 11.8 Å². The predicted octanol–water partition coefficient (Wildman–Crippen LogP) is 2.05. The number of thiophene rings is 1. The van der Waals surface area contributed by atoms with Crippen molar-refractivity contribution in [1.82, 2.24) is 5.32 Å². The summed E-state index contributed by atoms with van der Waals surface area (Å²) in [6.45, 7) is 0.589. The smallest absolute Gasteiger partial charge is 0.252 e. The van der Waals surface area contributed by atoms with Crippen LogP contribution in [0.1, 0.15) is 27.4 Å². The predicted molar refractivity (Wildman–Crippen MR) is 77.6 cm³/mol. The Morgan fingerprint density at radius 3 is 3.15 bits per heavy atom. The number of carbonyl (C=O) groups is 1. The second-order valence-electron chi connectivity index (χ2n) is 4.06. The van der Waals surface area contributed by atoms with Crippen LogP contribution < -0.4 is 5.32 Å². The summed E-state index contributed by atoms with van der Waals surface area (Å²) in [6.07, 6.45) is 2.74. The number of furan rings is 1. The van der Waals surface area contributed by atoms with Gasteiger partial charge in [-0.05, 0) is 18.2 Å². The molecule has 2 aromatic rings. The highest BCUT2D eigenvalue weighted by Crippen LogP contribution is 2.13. The molecule has 0 saturated carbocycles. The summed E-state index contributed by atoms with van der Waals surface area (Å²) in [7, 11) is 0. The summed E-state index contributed by atoms with van der Waals surface area (Å²) < 4.78 is 5.19. The molecule has 0 atom stereocenters. The molecule has 0 spiro atoms. The summed E-state index contributed by atoms with van der Waals surface area (Å²) in [4.78, 5) is 12.7. The zero-order chi connectivity index (χ0) is 14.2. The van der Waals surface area contributed by atoms with Crippen molar-refractivity contribution in [2.24, 2.45) is 0 Å². The Morgan fingerprint density at radius 1 is 1.50 bits per heavy atom. The lowest BCUT2D eigenvalue weighted by molar-refractivity contribution is 0.0954. The van der Waals surface area contributed by atoms with Crippen LogP contribution >= 0.6 is 11.3 Å². The fourth-order valence-electron chi connectivity index (χ4n) is 1.58. The van der Waals surface area contributed by atoms with Crippen molar-refractivity contribution in [3.8, 4) is 11.8 Å². The second kappa shape index (κ2) is 7.53. The zero-order valence-electron chi connectivity index (χ0n) is 10.9. The molecule has 0 saturated heterocycles. The maximum absolute atomic E-state index is 11.9. The molecule has 1 amide bonds. The molecule has 5 heteroatoms. The Hall–Kier alpha value is -2.03. The van der Waals surface area contributed by atoms with Gasteiger partial charge in [-0.3, -0.25) is 4.79 Å². The quantitative estimate of drug-likeness (QED) is 0.828.